The molecular weight excluding hydrogens is 336 g/mol. The van der Waals surface area contributed by atoms with Crippen molar-refractivity contribution >= 4 is 5.91 Å². The Balaban J connectivity index is 1.70. The van der Waals surface area contributed by atoms with Crippen molar-refractivity contribution in [1.82, 2.24) is 19.8 Å². The van der Waals surface area contributed by atoms with Crippen molar-refractivity contribution in [1.29, 1.82) is 0 Å². The maximum Gasteiger partial charge on any atom is 0.228 e. The number of piperidine rings is 1. The first kappa shape index (κ1) is 19.5. The number of rotatable bonds is 7. The number of amides is 1. The quantitative estimate of drug-likeness (QED) is 0.756. The fourth-order valence-electron chi connectivity index (χ4n) is 3.79. The minimum atomic E-state index is 0.183. The van der Waals surface area contributed by atoms with E-state index in [1.54, 1.807) is 6.20 Å². The first-order chi connectivity index (χ1) is 13.2. The van der Waals surface area contributed by atoms with Crippen molar-refractivity contribution in [3.63, 3.8) is 0 Å². The van der Waals surface area contributed by atoms with Gasteiger partial charge in [-0.3, -0.25) is 14.8 Å². The number of hydrogen-bond acceptors (Lipinski definition) is 4. The van der Waals surface area contributed by atoms with Crippen molar-refractivity contribution < 1.29 is 4.79 Å². The summed E-state index contributed by atoms with van der Waals surface area (Å²) in [6, 6.07) is 10.2. The molecule has 2 aromatic heterocycles. The molecule has 0 saturated carbocycles. The van der Waals surface area contributed by atoms with Gasteiger partial charge in [-0.2, -0.15) is 0 Å². The smallest absolute Gasteiger partial charge is 0.228 e. The van der Waals surface area contributed by atoms with Crippen LogP contribution in [0.4, 0.5) is 0 Å². The van der Waals surface area contributed by atoms with Gasteiger partial charge < -0.3 is 9.80 Å². The lowest BCUT2D eigenvalue weighted by atomic mass is 10.0. The average molecular weight is 367 g/mol. The van der Waals surface area contributed by atoms with E-state index < -0.39 is 0 Å². The Hall–Kier alpha value is -2.27. The molecular formula is C22H30N4O. The molecule has 3 heterocycles. The van der Waals surface area contributed by atoms with E-state index >= 15 is 0 Å². The summed E-state index contributed by atoms with van der Waals surface area (Å²) in [6.07, 6.45) is 6.85. The van der Waals surface area contributed by atoms with Gasteiger partial charge in [0, 0.05) is 50.2 Å². The second kappa shape index (κ2) is 9.60. The van der Waals surface area contributed by atoms with Crippen LogP contribution in [0.2, 0.25) is 0 Å². The molecule has 0 aromatic carbocycles. The van der Waals surface area contributed by atoms with E-state index in [9.17, 15) is 4.79 Å². The molecule has 1 aliphatic heterocycles. The van der Waals surface area contributed by atoms with Gasteiger partial charge in [-0.25, -0.2) is 0 Å². The molecule has 0 unspecified atom stereocenters. The largest absolute Gasteiger partial charge is 0.339 e. The van der Waals surface area contributed by atoms with E-state index in [2.05, 4.69) is 26.7 Å². The summed E-state index contributed by atoms with van der Waals surface area (Å²) in [4.78, 5) is 26.6. The second-order valence-electron chi connectivity index (χ2n) is 7.27. The number of aryl methyl sites for hydroxylation is 1. The highest BCUT2D eigenvalue weighted by Gasteiger charge is 2.27. The zero-order valence-electron chi connectivity index (χ0n) is 16.5. The summed E-state index contributed by atoms with van der Waals surface area (Å²) in [7, 11) is 0. The molecule has 2 aromatic rings. The average Bonchev–Trinajstić information content (AvgIpc) is 2.71. The molecule has 27 heavy (non-hydrogen) atoms. The Labute approximate surface area is 162 Å². The molecule has 1 saturated heterocycles. The Bertz CT molecular complexity index is 726. The molecule has 1 aliphatic rings. The van der Waals surface area contributed by atoms with Crippen molar-refractivity contribution in [2.75, 3.05) is 26.2 Å². The van der Waals surface area contributed by atoms with Crippen LogP contribution in [-0.2, 0) is 17.6 Å². The summed E-state index contributed by atoms with van der Waals surface area (Å²) in [5.41, 5.74) is 3.00. The standard InChI is InChI=1S/C22H30N4O/c1-3-25-14-10-20(11-15-25)26(16-9-19-8-4-5-12-23-19)22(27)17-21-18(2)7-6-13-24-21/h4-8,12-13,20H,3,9-11,14-17H2,1-2H3. The fourth-order valence-corrected chi connectivity index (χ4v) is 3.79. The number of carbonyl (C=O) groups is 1. The van der Waals surface area contributed by atoms with Crippen molar-refractivity contribution in [2.24, 2.45) is 0 Å². The SMILES string of the molecule is CCN1CCC(N(CCc2ccccn2)C(=O)Cc2ncccc2C)CC1. The summed E-state index contributed by atoms with van der Waals surface area (Å²) in [5.74, 6) is 0.183. The van der Waals surface area contributed by atoms with Gasteiger partial charge in [0.05, 0.1) is 12.1 Å². The molecule has 3 rings (SSSR count). The van der Waals surface area contributed by atoms with Crippen LogP contribution in [0.25, 0.3) is 0 Å². The number of aromatic nitrogens is 2. The molecule has 0 bridgehead atoms. The van der Waals surface area contributed by atoms with Crippen LogP contribution in [0.3, 0.4) is 0 Å². The van der Waals surface area contributed by atoms with E-state index in [0.717, 1.165) is 62.4 Å². The molecule has 5 nitrogen and oxygen atoms in total. The lowest BCUT2D eigenvalue weighted by Gasteiger charge is -2.38. The highest BCUT2D eigenvalue weighted by atomic mass is 16.2. The molecule has 0 N–H and O–H groups in total. The second-order valence-corrected chi connectivity index (χ2v) is 7.27. The van der Waals surface area contributed by atoms with Crippen LogP contribution >= 0.6 is 0 Å². The first-order valence-electron chi connectivity index (χ1n) is 9.99. The number of pyridine rings is 2. The van der Waals surface area contributed by atoms with Gasteiger partial charge in [-0.05, 0) is 50.1 Å². The van der Waals surface area contributed by atoms with Crippen molar-refractivity contribution in [2.45, 2.75) is 45.6 Å². The third kappa shape index (κ3) is 5.36. The number of likely N-dealkylation sites (tertiary alicyclic amines) is 1. The van der Waals surface area contributed by atoms with Gasteiger partial charge in [-0.1, -0.05) is 19.1 Å². The topological polar surface area (TPSA) is 49.3 Å². The molecule has 144 valence electrons. The summed E-state index contributed by atoms with van der Waals surface area (Å²) in [5, 5.41) is 0. The molecule has 0 atom stereocenters. The molecule has 1 amide bonds. The van der Waals surface area contributed by atoms with Crippen LogP contribution < -0.4 is 0 Å². The van der Waals surface area contributed by atoms with Crippen molar-refractivity contribution in [3.05, 3.63) is 59.7 Å². The van der Waals surface area contributed by atoms with E-state index in [1.807, 2.05) is 43.5 Å². The van der Waals surface area contributed by atoms with E-state index in [0.29, 0.717) is 12.5 Å². The predicted molar refractivity (Wildman–Crippen MR) is 107 cm³/mol. The zero-order chi connectivity index (χ0) is 19.1. The van der Waals surface area contributed by atoms with Crippen LogP contribution in [0.15, 0.2) is 42.7 Å². The van der Waals surface area contributed by atoms with Crippen LogP contribution in [0.5, 0.6) is 0 Å². The molecule has 0 aliphatic carbocycles. The van der Waals surface area contributed by atoms with Gasteiger partial charge in [-0.15, -0.1) is 0 Å². The third-order valence-electron chi connectivity index (χ3n) is 5.54. The van der Waals surface area contributed by atoms with Gasteiger partial charge in [0.25, 0.3) is 0 Å². The fraction of sp³-hybridized carbons (Fsp3) is 0.500. The number of nitrogens with zero attached hydrogens (tertiary/aromatic N) is 4. The van der Waals surface area contributed by atoms with E-state index in [-0.39, 0.29) is 5.91 Å². The Morgan fingerprint density at radius 2 is 1.93 bits per heavy atom. The highest BCUT2D eigenvalue weighted by molar-refractivity contribution is 5.79. The summed E-state index contributed by atoms with van der Waals surface area (Å²) < 4.78 is 0. The monoisotopic (exact) mass is 366 g/mol. The molecule has 5 heteroatoms. The Morgan fingerprint density at radius 3 is 2.59 bits per heavy atom. The van der Waals surface area contributed by atoms with Crippen LogP contribution in [-0.4, -0.2) is 57.9 Å². The minimum absolute atomic E-state index is 0.183. The van der Waals surface area contributed by atoms with E-state index in [4.69, 9.17) is 0 Å². The van der Waals surface area contributed by atoms with Crippen molar-refractivity contribution in [3.8, 4) is 0 Å². The summed E-state index contributed by atoms with van der Waals surface area (Å²) in [6.45, 7) is 8.16. The summed E-state index contributed by atoms with van der Waals surface area (Å²) >= 11 is 0. The molecule has 0 radical (unpaired) electrons. The van der Waals surface area contributed by atoms with Gasteiger partial charge in [0.2, 0.25) is 5.91 Å². The first-order valence-corrected chi connectivity index (χ1v) is 9.99. The van der Waals surface area contributed by atoms with Crippen LogP contribution in [0.1, 0.15) is 36.7 Å². The maximum absolute atomic E-state index is 13.2. The van der Waals surface area contributed by atoms with Gasteiger partial charge >= 0.3 is 0 Å². The number of hydrogen-bond donors (Lipinski definition) is 0. The highest BCUT2D eigenvalue weighted by Crippen LogP contribution is 2.19. The normalized spacial score (nSPS) is 15.6. The number of carbonyl (C=O) groups excluding carboxylic acids is 1. The molecule has 1 fully saturated rings. The van der Waals surface area contributed by atoms with E-state index in [1.165, 1.54) is 0 Å². The maximum atomic E-state index is 13.2. The lowest BCUT2D eigenvalue weighted by Crippen LogP contribution is -2.48. The van der Waals surface area contributed by atoms with Gasteiger partial charge in [0.15, 0.2) is 0 Å². The zero-order valence-corrected chi connectivity index (χ0v) is 16.5. The minimum Gasteiger partial charge on any atom is -0.339 e. The van der Waals surface area contributed by atoms with Gasteiger partial charge in [0.1, 0.15) is 0 Å². The predicted octanol–water partition coefficient (Wildman–Crippen LogP) is 2.88. The Kier molecular flexibility index (Phi) is 6.93. The lowest BCUT2D eigenvalue weighted by molar-refractivity contribution is -0.133. The molecule has 0 spiro atoms. The third-order valence-corrected chi connectivity index (χ3v) is 5.54. The Morgan fingerprint density at radius 1 is 1.15 bits per heavy atom. The van der Waals surface area contributed by atoms with Crippen LogP contribution in [0, 0.1) is 6.92 Å².